The number of carbonyl (C=O) groups is 1. The van der Waals surface area contributed by atoms with Crippen LogP contribution < -0.4 is 10.6 Å². The van der Waals surface area contributed by atoms with Crippen LogP contribution in [0.2, 0.25) is 10.0 Å². The fourth-order valence-corrected chi connectivity index (χ4v) is 4.03. The smallest absolute Gasteiger partial charge is 0.319 e. The monoisotopic (exact) mass is 415 g/mol. The maximum Gasteiger partial charge on any atom is 0.319 e. The van der Waals surface area contributed by atoms with Crippen molar-refractivity contribution < 1.29 is 4.79 Å². The number of nitriles is 1. The van der Waals surface area contributed by atoms with Crippen LogP contribution in [0.5, 0.6) is 0 Å². The van der Waals surface area contributed by atoms with Gasteiger partial charge in [0.1, 0.15) is 0 Å². The summed E-state index contributed by atoms with van der Waals surface area (Å²) in [5.41, 5.74) is 3.04. The van der Waals surface area contributed by atoms with Gasteiger partial charge in [0.2, 0.25) is 0 Å². The molecule has 6 heteroatoms. The van der Waals surface area contributed by atoms with Crippen molar-refractivity contribution >= 4 is 34.9 Å². The molecule has 0 bridgehead atoms. The number of carbonyl (C=O) groups excluding carboxylic acids is 1. The van der Waals surface area contributed by atoms with Crippen molar-refractivity contribution in [2.75, 3.05) is 5.32 Å². The minimum Gasteiger partial charge on any atom is -0.335 e. The molecule has 0 spiro atoms. The van der Waals surface area contributed by atoms with Crippen LogP contribution in [0.15, 0.2) is 36.4 Å². The lowest BCUT2D eigenvalue weighted by Gasteiger charge is -2.23. The van der Waals surface area contributed by atoms with Gasteiger partial charge in [0.15, 0.2) is 0 Å². The molecule has 4 nitrogen and oxygen atoms in total. The van der Waals surface area contributed by atoms with E-state index >= 15 is 0 Å². The van der Waals surface area contributed by atoms with E-state index in [1.807, 2.05) is 25.1 Å². The lowest BCUT2D eigenvalue weighted by Crippen LogP contribution is -2.39. The molecule has 2 aromatic carbocycles. The van der Waals surface area contributed by atoms with Crippen LogP contribution in [0, 0.1) is 18.3 Å². The van der Waals surface area contributed by atoms with E-state index in [2.05, 4.69) is 16.7 Å². The fraction of sp³-hybridized carbons (Fsp3) is 0.364. The number of hydrogen-bond acceptors (Lipinski definition) is 2. The van der Waals surface area contributed by atoms with Crippen LogP contribution in [0.25, 0.3) is 0 Å². The maximum absolute atomic E-state index is 12.3. The highest BCUT2D eigenvalue weighted by Crippen LogP contribution is 2.34. The van der Waals surface area contributed by atoms with Gasteiger partial charge in [0.25, 0.3) is 0 Å². The van der Waals surface area contributed by atoms with Gasteiger partial charge in [-0.05, 0) is 54.7 Å². The van der Waals surface area contributed by atoms with Crippen LogP contribution in [0.3, 0.4) is 0 Å². The third kappa shape index (κ3) is 4.98. The summed E-state index contributed by atoms with van der Waals surface area (Å²) in [5, 5.41) is 16.7. The molecule has 0 heterocycles. The van der Waals surface area contributed by atoms with Crippen LogP contribution in [0.4, 0.5) is 10.5 Å². The van der Waals surface area contributed by atoms with Crippen molar-refractivity contribution in [1.29, 1.82) is 5.26 Å². The number of aryl methyl sites for hydroxylation is 1. The summed E-state index contributed by atoms with van der Waals surface area (Å²) in [7, 11) is 0. The number of nitrogens with one attached hydrogen (secondary N) is 2. The molecule has 0 unspecified atom stereocenters. The number of benzene rings is 2. The summed E-state index contributed by atoms with van der Waals surface area (Å²) in [6, 6.07) is 13.1. The van der Waals surface area contributed by atoms with Gasteiger partial charge in [0.05, 0.1) is 12.0 Å². The third-order valence-electron chi connectivity index (χ3n) is 5.18. The lowest BCUT2D eigenvalue weighted by atomic mass is 9.91. The molecule has 2 aromatic rings. The Morgan fingerprint density at radius 3 is 2.46 bits per heavy atom. The molecule has 0 saturated heterocycles. The van der Waals surface area contributed by atoms with Crippen LogP contribution in [-0.4, -0.2) is 12.1 Å². The second-order valence-electron chi connectivity index (χ2n) is 7.24. The van der Waals surface area contributed by atoms with Gasteiger partial charge in [-0.25, -0.2) is 4.79 Å². The Kier molecular flexibility index (Phi) is 6.83. The molecule has 1 aliphatic rings. The molecule has 0 aliphatic heterocycles. The molecule has 28 heavy (non-hydrogen) atoms. The quantitative estimate of drug-likeness (QED) is 0.605. The lowest BCUT2D eigenvalue weighted by molar-refractivity contribution is 0.244. The summed E-state index contributed by atoms with van der Waals surface area (Å²) in [5.74, 6) is -0.506. The SMILES string of the molecule is Cc1cc([C@@H](C#N)c2ccc(Cl)cc2)c(Cl)cc1NC(=O)NC1CCCCC1. The van der Waals surface area contributed by atoms with Gasteiger partial charge in [-0.2, -0.15) is 5.26 Å². The third-order valence-corrected chi connectivity index (χ3v) is 5.76. The Labute approximate surface area is 175 Å². The number of hydrogen-bond donors (Lipinski definition) is 2. The molecule has 3 rings (SSSR count). The number of amides is 2. The fourth-order valence-electron chi connectivity index (χ4n) is 3.63. The van der Waals surface area contributed by atoms with E-state index in [9.17, 15) is 10.1 Å². The zero-order valence-electron chi connectivity index (χ0n) is 15.8. The summed E-state index contributed by atoms with van der Waals surface area (Å²) < 4.78 is 0. The predicted octanol–water partition coefficient (Wildman–Crippen LogP) is 6.41. The zero-order chi connectivity index (χ0) is 20.1. The number of urea groups is 1. The standard InChI is InChI=1S/C22H23Cl2N3O/c1-14-11-18(19(13-25)15-7-9-16(23)10-8-15)20(24)12-21(14)27-22(28)26-17-5-3-2-4-6-17/h7-12,17,19H,2-6H2,1H3,(H2,26,27,28)/t19-/m0/s1. The van der Waals surface area contributed by atoms with Crippen molar-refractivity contribution in [2.45, 2.75) is 51.0 Å². The average Bonchev–Trinajstić information content (AvgIpc) is 2.68. The van der Waals surface area contributed by atoms with Crippen LogP contribution in [0.1, 0.15) is 54.7 Å². The van der Waals surface area contributed by atoms with E-state index in [0.717, 1.165) is 36.8 Å². The van der Waals surface area contributed by atoms with Gasteiger partial charge in [0, 0.05) is 21.8 Å². The maximum atomic E-state index is 12.3. The number of nitrogens with zero attached hydrogens (tertiary/aromatic N) is 1. The Morgan fingerprint density at radius 2 is 1.82 bits per heavy atom. The molecule has 2 amide bonds. The Balaban J connectivity index is 1.77. The average molecular weight is 416 g/mol. The summed E-state index contributed by atoms with van der Waals surface area (Å²) in [6.07, 6.45) is 5.60. The molecule has 2 N–H and O–H groups in total. The second kappa shape index (κ2) is 9.32. The van der Waals surface area contributed by atoms with Crippen LogP contribution >= 0.6 is 23.2 Å². The highest BCUT2D eigenvalue weighted by atomic mass is 35.5. The first-order chi connectivity index (χ1) is 13.5. The van der Waals surface area contributed by atoms with E-state index in [1.165, 1.54) is 6.42 Å². The van der Waals surface area contributed by atoms with E-state index < -0.39 is 5.92 Å². The van der Waals surface area contributed by atoms with Gasteiger partial charge < -0.3 is 10.6 Å². The van der Waals surface area contributed by atoms with E-state index in [-0.39, 0.29) is 12.1 Å². The number of rotatable bonds is 4. The first-order valence-corrected chi connectivity index (χ1v) is 10.3. The predicted molar refractivity (Wildman–Crippen MR) is 114 cm³/mol. The van der Waals surface area contributed by atoms with Gasteiger partial charge >= 0.3 is 6.03 Å². The molecule has 146 valence electrons. The van der Waals surface area contributed by atoms with Gasteiger partial charge in [-0.3, -0.25) is 0 Å². The highest BCUT2D eigenvalue weighted by molar-refractivity contribution is 6.32. The minimum atomic E-state index is -0.506. The largest absolute Gasteiger partial charge is 0.335 e. The van der Waals surface area contributed by atoms with E-state index in [1.54, 1.807) is 18.2 Å². The molecule has 1 atom stereocenters. The topological polar surface area (TPSA) is 64.9 Å². The van der Waals surface area contributed by atoms with Crippen LogP contribution in [-0.2, 0) is 0 Å². The molecule has 0 radical (unpaired) electrons. The first-order valence-electron chi connectivity index (χ1n) is 9.50. The van der Waals surface area contributed by atoms with E-state index in [0.29, 0.717) is 21.3 Å². The molecule has 0 aromatic heterocycles. The number of halogens is 2. The Bertz CT molecular complexity index is 884. The van der Waals surface area contributed by atoms with E-state index in [4.69, 9.17) is 23.2 Å². The summed E-state index contributed by atoms with van der Waals surface area (Å²) in [4.78, 5) is 12.3. The summed E-state index contributed by atoms with van der Waals surface area (Å²) in [6.45, 7) is 1.90. The molecular weight excluding hydrogens is 393 g/mol. The first kappa shape index (κ1) is 20.5. The van der Waals surface area contributed by atoms with Crippen molar-refractivity contribution in [2.24, 2.45) is 0 Å². The second-order valence-corrected chi connectivity index (χ2v) is 8.08. The van der Waals surface area contributed by atoms with Crippen molar-refractivity contribution in [3.8, 4) is 6.07 Å². The molecular formula is C22H23Cl2N3O. The van der Waals surface area contributed by atoms with Crippen molar-refractivity contribution in [3.05, 3.63) is 63.1 Å². The Morgan fingerprint density at radius 1 is 1.14 bits per heavy atom. The molecule has 1 aliphatic carbocycles. The number of anilines is 1. The highest BCUT2D eigenvalue weighted by Gasteiger charge is 2.20. The van der Waals surface area contributed by atoms with Gasteiger partial charge in [-0.1, -0.05) is 60.7 Å². The zero-order valence-corrected chi connectivity index (χ0v) is 17.3. The van der Waals surface area contributed by atoms with Gasteiger partial charge in [-0.15, -0.1) is 0 Å². The molecule has 1 fully saturated rings. The van der Waals surface area contributed by atoms with Crippen molar-refractivity contribution in [1.82, 2.24) is 5.32 Å². The van der Waals surface area contributed by atoms with Crippen molar-refractivity contribution in [3.63, 3.8) is 0 Å². The minimum absolute atomic E-state index is 0.214. The molecule has 1 saturated carbocycles. The Hall–Kier alpha value is -2.22. The normalized spacial score (nSPS) is 15.5. The summed E-state index contributed by atoms with van der Waals surface area (Å²) >= 11 is 12.4.